The second-order valence-corrected chi connectivity index (χ2v) is 5.55. The second kappa shape index (κ2) is 9.71. The number of urea groups is 1. The summed E-state index contributed by atoms with van der Waals surface area (Å²) in [5.74, 6) is -0.299. The SMILES string of the molecule is C=CCNC(=O)NC(=O)COc1ccc([N+](=O)[O-])cc1Cc1ccccc1. The van der Waals surface area contributed by atoms with Gasteiger partial charge >= 0.3 is 6.03 Å². The highest BCUT2D eigenvalue weighted by Gasteiger charge is 2.14. The number of imide groups is 1. The molecule has 27 heavy (non-hydrogen) atoms. The van der Waals surface area contributed by atoms with Gasteiger partial charge in [0.15, 0.2) is 6.61 Å². The first kappa shape index (κ1) is 19.6. The molecule has 8 nitrogen and oxygen atoms in total. The Morgan fingerprint density at radius 3 is 2.59 bits per heavy atom. The van der Waals surface area contributed by atoms with E-state index in [-0.39, 0.29) is 12.2 Å². The molecule has 2 aromatic rings. The number of amides is 3. The summed E-state index contributed by atoms with van der Waals surface area (Å²) < 4.78 is 5.48. The van der Waals surface area contributed by atoms with Crippen LogP contribution in [0.5, 0.6) is 5.75 Å². The van der Waals surface area contributed by atoms with Gasteiger partial charge < -0.3 is 10.1 Å². The van der Waals surface area contributed by atoms with Crippen molar-refractivity contribution in [2.24, 2.45) is 0 Å². The van der Waals surface area contributed by atoms with E-state index in [2.05, 4.69) is 17.2 Å². The van der Waals surface area contributed by atoms with Crippen molar-refractivity contribution in [1.82, 2.24) is 10.6 Å². The Morgan fingerprint density at radius 2 is 1.93 bits per heavy atom. The van der Waals surface area contributed by atoms with Crippen molar-refractivity contribution in [2.45, 2.75) is 6.42 Å². The first-order valence-electron chi connectivity index (χ1n) is 8.12. The van der Waals surface area contributed by atoms with E-state index in [1.165, 1.54) is 24.3 Å². The molecule has 0 aliphatic rings. The highest BCUT2D eigenvalue weighted by atomic mass is 16.6. The third-order valence-electron chi connectivity index (χ3n) is 3.51. The first-order valence-corrected chi connectivity index (χ1v) is 8.12. The molecule has 0 aliphatic carbocycles. The van der Waals surface area contributed by atoms with Crippen LogP contribution in [0.1, 0.15) is 11.1 Å². The van der Waals surface area contributed by atoms with Crippen LogP contribution in [-0.4, -0.2) is 30.0 Å². The fourth-order valence-electron chi connectivity index (χ4n) is 2.29. The molecular weight excluding hydrogens is 350 g/mol. The normalized spacial score (nSPS) is 9.93. The standard InChI is InChI=1S/C19H19N3O5/c1-2-10-20-19(24)21-18(23)13-27-17-9-8-16(22(25)26)12-15(17)11-14-6-4-3-5-7-14/h2-9,12H,1,10-11,13H2,(H2,20,21,23,24). The summed E-state index contributed by atoms with van der Waals surface area (Å²) in [5.41, 5.74) is 1.44. The quantitative estimate of drug-likeness (QED) is 0.422. The Labute approximate surface area is 156 Å². The molecule has 140 valence electrons. The lowest BCUT2D eigenvalue weighted by Gasteiger charge is -2.12. The van der Waals surface area contributed by atoms with E-state index in [4.69, 9.17) is 4.74 Å². The Hall–Kier alpha value is -3.68. The summed E-state index contributed by atoms with van der Waals surface area (Å²) in [6, 6.07) is 12.9. The summed E-state index contributed by atoms with van der Waals surface area (Å²) in [6.07, 6.45) is 1.88. The minimum atomic E-state index is -0.656. The van der Waals surface area contributed by atoms with E-state index in [1.807, 2.05) is 30.3 Å². The van der Waals surface area contributed by atoms with Crippen molar-refractivity contribution in [3.05, 3.63) is 82.4 Å². The van der Waals surface area contributed by atoms with Crippen LogP contribution < -0.4 is 15.4 Å². The minimum Gasteiger partial charge on any atom is -0.483 e. The maximum atomic E-state index is 11.8. The van der Waals surface area contributed by atoms with Crippen molar-refractivity contribution in [3.63, 3.8) is 0 Å². The van der Waals surface area contributed by atoms with Gasteiger partial charge in [-0.05, 0) is 11.6 Å². The third-order valence-corrected chi connectivity index (χ3v) is 3.51. The summed E-state index contributed by atoms with van der Waals surface area (Å²) in [7, 11) is 0. The topological polar surface area (TPSA) is 111 Å². The number of nitrogens with zero attached hydrogens (tertiary/aromatic N) is 1. The maximum Gasteiger partial charge on any atom is 0.321 e. The number of benzene rings is 2. The van der Waals surface area contributed by atoms with Gasteiger partial charge in [0, 0.05) is 30.7 Å². The van der Waals surface area contributed by atoms with Gasteiger partial charge in [0.2, 0.25) is 0 Å². The van der Waals surface area contributed by atoms with Crippen molar-refractivity contribution in [1.29, 1.82) is 0 Å². The Balaban J connectivity index is 2.08. The maximum absolute atomic E-state index is 11.8. The monoisotopic (exact) mass is 369 g/mol. The van der Waals surface area contributed by atoms with Gasteiger partial charge in [0.1, 0.15) is 5.75 Å². The summed E-state index contributed by atoms with van der Waals surface area (Å²) in [6.45, 7) is 3.28. The summed E-state index contributed by atoms with van der Waals surface area (Å²) >= 11 is 0. The molecule has 0 atom stereocenters. The summed E-state index contributed by atoms with van der Waals surface area (Å²) in [5, 5.41) is 15.6. The summed E-state index contributed by atoms with van der Waals surface area (Å²) in [4.78, 5) is 33.8. The highest BCUT2D eigenvalue weighted by Crippen LogP contribution is 2.26. The van der Waals surface area contributed by atoms with Gasteiger partial charge in [0.25, 0.3) is 11.6 Å². The molecule has 2 rings (SSSR count). The Bertz CT molecular complexity index is 836. The molecule has 0 radical (unpaired) electrons. The van der Waals surface area contributed by atoms with Crippen LogP contribution in [0.2, 0.25) is 0 Å². The fraction of sp³-hybridized carbons (Fsp3) is 0.158. The van der Waals surface area contributed by atoms with Crippen molar-refractivity contribution in [2.75, 3.05) is 13.2 Å². The van der Waals surface area contributed by atoms with Crippen LogP contribution in [0.15, 0.2) is 61.2 Å². The molecule has 0 aliphatic heterocycles. The van der Waals surface area contributed by atoms with Gasteiger partial charge in [-0.25, -0.2) is 4.79 Å². The van der Waals surface area contributed by atoms with E-state index in [9.17, 15) is 19.7 Å². The molecule has 0 fully saturated rings. The van der Waals surface area contributed by atoms with Crippen LogP contribution in [0.3, 0.4) is 0 Å². The van der Waals surface area contributed by atoms with Gasteiger partial charge in [-0.3, -0.25) is 20.2 Å². The van der Waals surface area contributed by atoms with E-state index in [0.717, 1.165) is 5.56 Å². The number of nitro groups is 1. The number of rotatable bonds is 8. The van der Waals surface area contributed by atoms with Crippen molar-refractivity contribution < 1.29 is 19.2 Å². The van der Waals surface area contributed by atoms with E-state index >= 15 is 0 Å². The molecule has 0 bridgehead atoms. The minimum absolute atomic E-state index is 0.0680. The molecule has 0 unspecified atom stereocenters. The fourth-order valence-corrected chi connectivity index (χ4v) is 2.29. The van der Waals surface area contributed by atoms with Gasteiger partial charge in [0.05, 0.1) is 4.92 Å². The van der Waals surface area contributed by atoms with E-state index in [1.54, 1.807) is 0 Å². The number of hydrogen-bond donors (Lipinski definition) is 2. The molecule has 2 N–H and O–H groups in total. The number of nitrogens with one attached hydrogen (secondary N) is 2. The van der Waals surface area contributed by atoms with E-state index < -0.39 is 23.5 Å². The van der Waals surface area contributed by atoms with E-state index in [0.29, 0.717) is 17.7 Å². The Morgan fingerprint density at radius 1 is 1.19 bits per heavy atom. The molecule has 2 aromatic carbocycles. The second-order valence-electron chi connectivity index (χ2n) is 5.55. The lowest BCUT2D eigenvalue weighted by molar-refractivity contribution is -0.384. The molecule has 0 saturated carbocycles. The number of carbonyl (C=O) groups is 2. The van der Waals surface area contributed by atoms with Crippen LogP contribution in [0, 0.1) is 10.1 Å². The average Bonchev–Trinajstić information content (AvgIpc) is 2.66. The van der Waals surface area contributed by atoms with Gasteiger partial charge in [-0.15, -0.1) is 6.58 Å². The zero-order valence-electron chi connectivity index (χ0n) is 14.5. The average molecular weight is 369 g/mol. The molecule has 3 amide bonds. The zero-order valence-corrected chi connectivity index (χ0v) is 14.5. The smallest absolute Gasteiger partial charge is 0.321 e. The molecular formula is C19H19N3O5. The number of ether oxygens (including phenoxy) is 1. The number of nitro benzene ring substituents is 1. The van der Waals surface area contributed by atoms with Crippen LogP contribution >= 0.6 is 0 Å². The first-order chi connectivity index (χ1) is 13.0. The van der Waals surface area contributed by atoms with Crippen molar-refractivity contribution in [3.8, 4) is 5.75 Å². The highest BCUT2D eigenvalue weighted by molar-refractivity contribution is 5.95. The Kier molecular flexibility index (Phi) is 7.07. The predicted molar refractivity (Wildman–Crippen MR) is 99.6 cm³/mol. The molecule has 0 heterocycles. The van der Waals surface area contributed by atoms with Gasteiger partial charge in [-0.2, -0.15) is 0 Å². The number of carbonyl (C=O) groups excluding carboxylic acids is 2. The third kappa shape index (κ3) is 6.28. The number of hydrogen-bond acceptors (Lipinski definition) is 5. The van der Waals surface area contributed by atoms with Crippen LogP contribution in [0.4, 0.5) is 10.5 Å². The number of non-ortho nitro benzene ring substituents is 1. The van der Waals surface area contributed by atoms with Gasteiger partial charge in [-0.1, -0.05) is 36.4 Å². The lowest BCUT2D eigenvalue weighted by Crippen LogP contribution is -2.41. The van der Waals surface area contributed by atoms with Crippen LogP contribution in [-0.2, 0) is 11.2 Å². The molecule has 0 spiro atoms. The van der Waals surface area contributed by atoms with Crippen molar-refractivity contribution >= 4 is 17.6 Å². The van der Waals surface area contributed by atoms with Crippen LogP contribution in [0.25, 0.3) is 0 Å². The molecule has 0 saturated heterocycles. The molecule has 8 heteroatoms. The zero-order chi connectivity index (χ0) is 19.6. The molecule has 0 aromatic heterocycles. The predicted octanol–water partition coefficient (Wildman–Crippen LogP) is 2.58. The largest absolute Gasteiger partial charge is 0.483 e. The lowest BCUT2D eigenvalue weighted by atomic mass is 10.0.